The normalized spacial score (nSPS) is 12.5. The van der Waals surface area contributed by atoms with Crippen LogP contribution in [-0.4, -0.2) is 17.7 Å². The van der Waals surface area contributed by atoms with Crippen LogP contribution in [0.25, 0.3) is 0 Å². The Hall–Kier alpha value is -1.03. The van der Waals surface area contributed by atoms with Crippen molar-refractivity contribution in [2.24, 2.45) is 5.92 Å². The molecule has 0 N–H and O–H groups in total. The molecule has 1 atom stereocenters. The summed E-state index contributed by atoms with van der Waals surface area (Å²) in [6, 6.07) is 6.51. The zero-order valence-corrected chi connectivity index (χ0v) is 11.3. The lowest BCUT2D eigenvalue weighted by Gasteiger charge is -2.09. The van der Waals surface area contributed by atoms with E-state index in [1.54, 1.807) is 18.2 Å². The van der Waals surface area contributed by atoms with Crippen molar-refractivity contribution in [3.8, 4) is 0 Å². The number of rotatable bonds is 5. The van der Waals surface area contributed by atoms with Crippen LogP contribution in [-0.2, 0) is 4.79 Å². The predicted octanol–water partition coefficient (Wildman–Crippen LogP) is 3.59. The van der Waals surface area contributed by atoms with E-state index in [9.17, 15) is 14.0 Å². The molecule has 92 valence electrons. The fourth-order valence-electron chi connectivity index (χ4n) is 1.45. The van der Waals surface area contributed by atoms with E-state index in [1.165, 1.54) is 6.07 Å². The fourth-order valence-corrected chi connectivity index (χ4v) is 1.93. The molecule has 0 aliphatic heterocycles. The molecule has 1 aromatic carbocycles. The Morgan fingerprint density at radius 3 is 2.41 bits per heavy atom. The second-order valence-electron chi connectivity index (χ2n) is 4.27. The van der Waals surface area contributed by atoms with Crippen LogP contribution in [0.1, 0.15) is 30.6 Å². The third kappa shape index (κ3) is 3.73. The van der Waals surface area contributed by atoms with Gasteiger partial charge in [0.15, 0.2) is 5.78 Å². The van der Waals surface area contributed by atoms with Crippen LogP contribution >= 0.6 is 15.9 Å². The largest absolute Gasteiger partial charge is 0.296 e. The van der Waals surface area contributed by atoms with Crippen molar-refractivity contribution in [3.05, 3.63) is 34.3 Å². The maximum Gasteiger partial charge on any atom is 0.220 e. The maximum absolute atomic E-state index is 13.7. The molecular weight excluding hydrogens is 287 g/mol. The number of halogens is 2. The molecule has 1 rings (SSSR count). The lowest BCUT2D eigenvalue weighted by Crippen LogP contribution is -2.27. The molecule has 0 saturated carbocycles. The Labute approximate surface area is 108 Å². The first-order valence-electron chi connectivity index (χ1n) is 5.39. The number of benzene rings is 1. The smallest absolute Gasteiger partial charge is 0.220 e. The van der Waals surface area contributed by atoms with E-state index in [1.807, 2.05) is 13.8 Å². The Bertz CT molecular complexity index is 429. The van der Waals surface area contributed by atoms with Gasteiger partial charge in [-0.25, -0.2) is 4.39 Å². The average Bonchev–Trinajstić information content (AvgIpc) is 2.27. The third-order valence-corrected chi connectivity index (χ3v) is 2.95. The molecule has 0 spiro atoms. The van der Waals surface area contributed by atoms with Gasteiger partial charge in [0.25, 0.3) is 0 Å². The molecule has 0 amide bonds. The van der Waals surface area contributed by atoms with Crippen LogP contribution in [0.5, 0.6) is 0 Å². The summed E-state index contributed by atoms with van der Waals surface area (Å²) in [4.78, 5) is 23.2. The van der Waals surface area contributed by atoms with Gasteiger partial charge in [-0.3, -0.25) is 9.59 Å². The molecule has 0 fully saturated rings. The maximum atomic E-state index is 13.7. The lowest BCUT2D eigenvalue weighted by atomic mass is 9.98. The molecule has 4 heteroatoms. The lowest BCUT2D eigenvalue weighted by molar-refractivity contribution is -0.122. The minimum Gasteiger partial charge on any atom is -0.296 e. The number of Topliss-reactive ketones (excluding diaryl/α,β-unsaturated/α-hetero) is 2. The summed E-state index contributed by atoms with van der Waals surface area (Å²) in [5, 5.41) is 0. The molecule has 0 bridgehead atoms. The average molecular weight is 301 g/mol. The van der Waals surface area contributed by atoms with Gasteiger partial charge in [0, 0.05) is 16.5 Å². The van der Waals surface area contributed by atoms with Crippen LogP contribution < -0.4 is 0 Å². The van der Waals surface area contributed by atoms with E-state index in [0.717, 1.165) is 0 Å². The molecular formula is C13H14BrFO2. The second kappa shape index (κ2) is 6.05. The SMILES string of the molecule is CC(C)CC(=O)C(F)C(=O)c1ccccc1Br. The predicted molar refractivity (Wildman–Crippen MR) is 67.8 cm³/mol. The highest BCUT2D eigenvalue weighted by molar-refractivity contribution is 9.10. The van der Waals surface area contributed by atoms with E-state index in [-0.39, 0.29) is 17.9 Å². The van der Waals surface area contributed by atoms with Gasteiger partial charge in [-0.15, -0.1) is 0 Å². The highest BCUT2D eigenvalue weighted by Gasteiger charge is 2.28. The minimum absolute atomic E-state index is 0.0489. The Balaban J connectivity index is 2.84. The van der Waals surface area contributed by atoms with Crippen molar-refractivity contribution in [1.82, 2.24) is 0 Å². The summed E-state index contributed by atoms with van der Waals surface area (Å²) >= 11 is 3.17. The highest BCUT2D eigenvalue weighted by atomic mass is 79.9. The number of ketones is 2. The van der Waals surface area contributed by atoms with Crippen molar-refractivity contribution in [3.63, 3.8) is 0 Å². The van der Waals surface area contributed by atoms with Crippen LogP contribution in [0.4, 0.5) is 4.39 Å². The summed E-state index contributed by atoms with van der Waals surface area (Å²) in [6.45, 7) is 3.63. The van der Waals surface area contributed by atoms with Crippen molar-refractivity contribution in [2.45, 2.75) is 26.4 Å². The van der Waals surface area contributed by atoms with Gasteiger partial charge >= 0.3 is 0 Å². The van der Waals surface area contributed by atoms with E-state index in [0.29, 0.717) is 4.47 Å². The van der Waals surface area contributed by atoms with E-state index in [4.69, 9.17) is 0 Å². The Morgan fingerprint density at radius 2 is 1.88 bits per heavy atom. The van der Waals surface area contributed by atoms with Crippen molar-refractivity contribution in [2.75, 3.05) is 0 Å². The number of hydrogen-bond acceptors (Lipinski definition) is 2. The first-order chi connectivity index (χ1) is 7.93. The van der Waals surface area contributed by atoms with Gasteiger partial charge < -0.3 is 0 Å². The van der Waals surface area contributed by atoms with Gasteiger partial charge in [0.05, 0.1) is 0 Å². The van der Waals surface area contributed by atoms with Crippen LogP contribution in [0.3, 0.4) is 0 Å². The fraction of sp³-hybridized carbons (Fsp3) is 0.385. The number of hydrogen-bond donors (Lipinski definition) is 0. The Morgan fingerprint density at radius 1 is 1.29 bits per heavy atom. The molecule has 0 aromatic heterocycles. The van der Waals surface area contributed by atoms with Gasteiger partial charge in [0.2, 0.25) is 12.0 Å². The summed E-state index contributed by atoms with van der Waals surface area (Å²) in [5.41, 5.74) is 0.206. The molecule has 0 aliphatic carbocycles. The van der Waals surface area contributed by atoms with Crippen molar-refractivity contribution >= 4 is 27.5 Å². The molecule has 0 heterocycles. The topological polar surface area (TPSA) is 34.1 Å². The second-order valence-corrected chi connectivity index (χ2v) is 5.13. The number of carbonyl (C=O) groups is 2. The highest BCUT2D eigenvalue weighted by Crippen LogP contribution is 2.19. The molecule has 2 nitrogen and oxygen atoms in total. The molecule has 0 aliphatic rings. The van der Waals surface area contributed by atoms with Gasteiger partial charge in [0.1, 0.15) is 0 Å². The van der Waals surface area contributed by atoms with Crippen LogP contribution in [0, 0.1) is 5.92 Å². The Kier molecular flexibility index (Phi) is 5.00. The summed E-state index contributed by atoms with van der Waals surface area (Å²) in [7, 11) is 0. The third-order valence-electron chi connectivity index (χ3n) is 2.26. The van der Waals surface area contributed by atoms with Gasteiger partial charge in [-0.05, 0) is 12.0 Å². The molecule has 1 aromatic rings. The zero-order valence-electron chi connectivity index (χ0n) is 9.74. The molecule has 0 radical (unpaired) electrons. The first-order valence-corrected chi connectivity index (χ1v) is 6.18. The quantitative estimate of drug-likeness (QED) is 0.615. The van der Waals surface area contributed by atoms with Crippen molar-refractivity contribution < 1.29 is 14.0 Å². The van der Waals surface area contributed by atoms with E-state index in [2.05, 4.69) is 15.9 Å². The monoisotopic (exact) mass is 300 g/mol. The summed E-state index contributed by atoms with van der Waals surface area (Å²) in [5.74, 6) is -1.38. The minimum atomic E-state index is -2.06. The van der Waals surface area contributed by atoms with E-state index >= 15 is 0 Å². The van der Waals surface area contributed by atoms with Gasteiger partial charge in [-0.1, -0.05) is 48.0 Å². The van der Waals surface area contributed by atoms with Gasteiger partial charge in [-0.2, -0.15) is 0 Å². The summed E-state index contributed by atoms with van der Waals surface area (Å²) in [6.07, 6.45) is -1.98. The van der Waals surface area contributed by atoms with Crippen LogP contribution in [0.2, 0.25) is 0 Å². The molecule has 0 saturated heterocycles. The zero-order chi connectivity index (χ0) is 13.0. The molecule has 17 heavy (non-hydrogen) atoms. The number of alkyl halides is 1. The standard InChI is InChI=1S/C13H14BrFO2/c1-8(2)7-11(16)12(15)13(17)9-5-3-4-6-10(9)14/h3-6,8,12H,7H2,1-2H3. The van der Waals surface area contributed by atoms with Crippen LogP contribution in [0.15, 0.2) is 28.7 Å². The molecule has 1 unspecified atom stereocenters. The van der Waals surface area contributed by atoms with Crippen molar-refractivity contribution in [1.29, 1.82) is 0 Å². The first kappa shape index (κ1) is 14.0. The number of carbonyl (C=O) groups excluding carboxylic acids is 2. The van der Waals surface area contributed by atoms with E-state index < -0.39 is 17.7 Å². The summed E-state index contributed by atoms with van der Waals surface area (Å²) < 4.78 is 14.2.